The topological polar surface area (TPSA) is 98.7 Å². The van der Waals surface area contributed by atoms with Crippen LogP contribution in [0.1, 0.15) is 18.9 Å². The van der Waals surface area contributed by atoms with Crippen molar-refractivity contribution in [2.45, 2.75) is 31.5 Å². The third-order valence-corrected chi connectivity index (χ3v) is 2.96. The number of nitrogens with one attached hydrogen (secondary N) is 2. The maximum atomic E-state index is 12.1. The zero-order valence-electron chi connectivity index (χ0n) is 12.3. The molecule has 0 saturated carbocycles. The Balaban J connectivity index is 2.48. The number of hydrogen-bond donors (Lipinski definition) is 4. The summed E-state index contributed by atoms with van der Waals surface area (Å²) in [5.41, 5.74) is -1.30. The lowest BCUT2D eigenvalue weighted by Crippen LogP contribution is -2.47. The standard InChI is InChI=1S/C14H17F3N2O4/c1-13(23,11(20)21)8-18-12(22)19-10-4-2-9(3-5-10)6-7-14(15,16)17/h2-5,23H,6-8H2,1H3,(H,20,21)(H2,18,19,22). The van der Waals surface area contributed by atoms with Crippen LogP contribution in [0.5, 0.6) is 0 Å². The molecule has 1 aromatic carbocycles. The first kappa shape index (κ1) is 18.8. The Morgan fingerprint density at radius 1 is 1.17 bits per heavy atom. The smallest absolute Gasteiger partial charge is 0.389 e. The van der Waals surface area contributed by atoms with Gasteiger partial charge in [0.05, 0.1) is 6.54 Å². The molecule has 0 radical (unpaired) electrons. The van der Waals surface area contributed by atoms with Crippen molar-refractivity contribution in [1.82, 2.24) is 5.32 Å². The molecule has 0 aromatic heterocycles. The van der Waals surface area contributed by atoms with Crippen molar-refractivity contribution < 1.29 is 33.0 Å². The minimum Gasteiger partial charge on any atom is -0.479 e. The fourth-order valence-electron chi connectivity index (χ4n) is 1.54. The van der Waals surface area contributed by atoms with Gasteiger partial charge in [0.1, 0.15) is 0 Å². The summed E-state index contributed by atoms with van der Waals surface area (Å²) in [4.78, 5) is 22.2. The summed E-state index contributed by atoms with van der Waals surface area (Å²) in [7, 11) is 0. The fraction of sp³-hybridized carbons (Fsp3) is 0.429. The Morgan fingerprint density at radius 3 is 2.22 bits per heavy atom. The number of aryl methyl sites for hydroxylation is 1. The van der Waals surface area contributed by atoms with Crippen LogP contribution in [0.25, 0.3) is 0 Å². The van der Waals surface area contributed by atoms with Crippen LogP contribution in [0, 0.1) is 0 Å². The molecule has 2 amide bonds. The van der Waals surface area contributed by atoms with E-state index in [1.165, 1.54) is 24.3 Å². The maximum absolute atomic E-state index is 12.1. The number of aliphatic carboxylic acids is 1. The highest BCUT2D eigenvalue weighted by molar-refractivity contribution is 5.89. The summed E-state index contributed by atoms with van der Waals surface area (Å²) < 4.78 is 36.3. The van der Waals surface area contributed by atoms with E-state index < -0.39 is 36.7 Å². The number of carboxylic acids is 1. The number of urea groups is 1. The van der Waals surface area contributed by atoms with Crippen LogP contribution in [-0.2, 0) is 11.2 Å². The molecule has 1 unspecified atom stereocenters. The lowest BCUT2D eigenvalue weighted by molar-refractivity contribution is -0.155. The summed E-state index contributed by atoms with van der Waals surface area (Å²) in [5, 5.41) is 22.7. The van der Waals surface area contributed by atoms with E-state index in [9.17, 15) is 27.9 Å². The summed E-state index contributed by atoms with van der Waals surface area (Å²) in [6, 6.07) is 5.03. The van der Waals surface area contributed by atoms with Gasteiger partial charge in [-0.15, -0.1) is 0 Å². The molecular weight excluding hydrogens is 317 g/mol. The molecule has 0 fully saturated rings. The van der Waals surface area contributed by atoms with Crippen molar-refractivity contribution in [2.75, 3.05) is 11.9 Å². The van der Waals surface area contributed by atoms with E-state index in [1.807, 2.05) is 0 Å². The Hall–Kier alpha value is -2.29. The monoisotopic (exact) mass is 334 g/mol. The Morgan fingerprint density at radius 2 is 1.74 bits per heavy atom. The Kier molecular flexibility index (Phi) is 5.97. The van der Waals surface area contributed by atoms with Gasteiger partial charge in [-0.3, -0.25) is 0 Å². The number of amides is 2. The zero-order chi connectivity index (χ0) is 17.7. The predicted octanol–water partition coefficient (Wildman–Crippen LogP) is 2.14. The molecule has 0 aliphatic heterocycles. The van der Waals surface area contributed by atoms with E-state index >= 15 is 0 Å². The zero-order valence-corrected chi connectivity index (χ0v) is 12.3. The van der Waals surface area contributed by atoms with Gasteiger partial charge in [-0.1, -0.05) is 12.1 Å². The van der Waals surface area contributed by atoms with Gasteiger partial charge in [0, 0.05) is 12.1 Å². The van der Waals surface area contributed by atoms with Gasteiger partial charge in [-0.05, 0) is 31.0 Å². The summed E-state index contributed by atoms with van der Waals surface area (Å²) in [6.45, 7) is 0.531. The lowest BCUT2D eigenvalue weighted by atomic mass is 10.1. The molecule has 6 nitrogen and oxygen atoms in total. The summed E-state index contributed by atoms with van der Waals surface area (Å²) >= 11 is 0. The molecule has 23 heavy (non-hydrogen) atoms. The first-order valence-corrected chi connectivity index (χ1v) is 6.66. The number of alkyl halides is 3. The molecule has 0 saturated heterocycles. The van der Waals surface area contributed by atoms with E-state index in [-0.39, 0.29) is 6.42 Å². The maximum Gasteiger partial charge on any atom is 0.389 e. The van der Waals surface area contributed by atoms with Crippen LogP contribution in [0.3, 0.4) is 0 Å². The SMILES string of the molecule is CC(O)(CNC(=O)Nc1ccc(CCC(F)(F)F)cc1)C(=O)O. The van der Waals surface area contributed by atoms with Crippen LogP contribution in [0.4, 0.5) is 23.7 Å². The average molecular weight is 334 g/mol. The van der Waals surface area contributed by atoms with Crippen molar-refractivity contribution >= 4 is 17.7 Å². The molecule has 1 rings (SSSR count). The molecule has 0 bridgehead atoms. The number of rotatable bonds is 6. The molecule has 1 aromatic rings. The van der Waals surface area contributed by atoms with Gasteiger partial charge in [0.25, 0.3) is 0 Å². The average Bonchev–Trinajstić information content (AvgIpc) is 2.43. The molecule has 0 spiro atoms. The second kappa shape index (κ2) is 7.32. The molecule has 4 N–H and O–H groups in total. The number of carboxylic acid groups (broad SMARTS) is 1. The summed E-state index contributed by atoms with van der Waals surface area (Å²) in [5.74, 6) is -1.48. The molecule has 128 valence electrons. The van der Waals surface area contributed by atoms with Crippen molar-refractivity contribution in [2.24, 2.45) is 0 Å². The molecule has 1 atom stereocenters. The first-order valence-electron chi connectivity index (χ1n) is 6.66. The number of benzene rings is 1. The van der Waals surface area contributed by atoms with Crippen LogP contribution in [-0.4, -0.2) is 40.5 Å². The van der Waals surface area contributed by atoms with Gasteiger partial charge < -0.3 is 20.8 Å². The van der Waals surface area contributed by atoms with Crippen LogP contribution in [0.15, 0.2) is 24.3 Å². The van der Waals surface area contributed by atoms with E-state index in [0.717, 1.165) is 6.92 Å². The van der Waals surface area contributed by atoms with Crippen molar-refractivity contribution in [3.63, 3.8) is 0 Å². The number of halogens is 3. The molecular formula is C14H17F3N2O4. The second-order valence-electron chi connectivity index (χ2n) is 5.20. The van der Waals surface area contributed by atoms with Gasteiger partial charge >= 0.3 is 18.2 Å². The van der Waals surface area contributed by atoms with E-state index in [1.54, 1.807) is 0 Å². The number of aliphatic hydroxyl groups is 1. The van der Waals surface area contributed by atoms with Crippen LogP contribution < -0.4 is 10.6 Å². The van der Waals surface area contributed by atoms with Crippen LogP contribution in [0.2, 0.25) is 0 Å². The number of carbonyl (C=O) groups excluding carboxylic acids is 1. The van der Waals surface area contributed by atoms with E-state index in [4.69, 9.17) is 5.11 Å². The minimum atomic E-state index is -4.22. The molecule has 9 heteroatoms. The number of anilines is 1. The van der Waals surface area contributed by atoms with Crippen molar-refractivity contribution in [3.8, 4) is 0 Å². The minimum absolute atomic E-state index is 0.155. The fourth-order valence-corrected chi connectivity index (χ4v) is 1.54. The number of carbonyl (C=O) groups is 2. The second-order valence-corrected chi connectivity index (χ2v) is 5.20. The van der Waals surface area contributed by atoms with Gasteiger partial charge in [-0.2, -0.15) is 13.2 Å². The quantitative estimate of drug-likeness (QED) is 0.640. The highest BCUT2D eigenvalue weighted by Crippen LogP contribution is 2.22. The van der Waals surface area contributed by atoms with Gasteiger partial charge in [0.2, 0.25) is 0 Å². The van der Waals surface area contributed by atoms with E-state index in [2.05, 4.69) is 10.6 Å². The molecule has 0 aliphatic carbocycles. The normalized spacial score (nSPS) is 14.0. The Labute approximate surface area is 130 Å². The predicted molar refractivity (Wildman–Crippen MR) is 76.1 cm³/mol. The van der Waals surface area contributed by atoms with Gasteiger partial charge in [-0.25, -0.2) is 9.59 Å². The van der Waals surface area contributed by atoms with Gasteiger partial charge in [0.15, 0.2) is 5.60 Å². The number of hydrogen-bond acceptors (Lipinski definition) is 3. The largest absolute Gasteiger partial charge is 0.479 e. The summed E-state index contributed by atoms with van der Waals surface area (Å²) in [6.07, 6.45) is -5.31. The highest BCUT2D eigenvalue weighted by atomic mass is 19.4. The Bertz CT molecular complexity index is 556. The third-order valence-electron chi connectivity index (χ3n) is 2.96. The third kappa shape index (κ3) is 7.00. The lowest BCUT2D eigenvalue weighted by Gasteiger charge is -2.18. The highest BCUT2D eigenvalue weighted by Gasteiger charge is 2.30. The molecule has 0 heterocycles. The molecule has 0 aliphatic rings. The van der Waals surface area contributed by atoms with Crippen molar-refractivity contribution in [3.05, 3.63) is 29.8 Å². The van der Waals surface area contributed by atoms with Crippen LogP contribution >= 0.6 is 0 Å². The first-order chi connectivity index (χ1) is 10.5. The van der Waals surface area contributed by atoms with E-state index in [0.29, 0.717) is 11.3 Å². The van der Waals surface area contributed by atoms with Crippen molar-refractivity contribution in [1.29, 1.82) is 0 Å².